The van der Waals surface area contributed by atoms with Crippen LogP contribution in [0.5, 0.6) is 17.2 Å². The molecule has 7 heteroatoms. The molecule has 4 N–H and O–H groups in total. The first-order valence-electron chi connectivity index (χ1n) is 9.27. The molecule has 0 aliphatic rings. The molecule has 30 heavy (non-hydrogen) atoms. The van der Waals surface area contributed by atoms with Crippen molar-refractivity contribution in [2.24, 2.45) is 0 Å². The highest BCUT2D eigenvalue weighted by molar-refractivity contribution is 6.39. The number of ether oxygens (including phenoxy) is 1. The number of aromatic hydroxyl groups is 1. The molecule has 3 rings (SSSR count). The molecule has 7 nitrogen and oxygen atoms in total. The van der Waals surface area contributed by atoms with Gasteiger partial charge in [-0.2, -0.15) is 0 Å². The molecule has 3 aromatic rings. The van der Waals surface area contributed by atoms with Gasteiger partial charge in [-0.25, -0.2) is 5.48 Å². The minimum atomic E-state index is -1.15. The lowest BCUT2D eigenvalue weighted by molar-refractivity contribution is -0.141. The molecule has 0 radical (unpaired) electrons. The number of phenolic OH excluding ortho intramolecular Hbond substituents is 1. The number of carbonyl (C=O) groups excluding carboxylic acids is 2. The Morgan fingerprint density at radius 1 is 0.933 bits per heavy atom. The van der Waals surface area contributed by atoms with E-state index in [0.717, 1.165) is 22.3 Å². The number of anilines is 1. The maximum absolute atomic E-state index is 11.6. The van der Waals surface area contributed by atoms with E-state index in [1.807, 2.05) is 44.2 Å². The quantitative estimate of drug-likeness (QED) is 0.293. The summed E-state index contributed by atoms with van der Waals surface area (Å²) in [6, 6.07) is 18.2. The molecule has 0 heterocycles. The van der Waals surface area contributed by atoms with Crippen LogP contribution in [-0.4, -0.2) is 22.1 Å². The Labute approximate surface area is 173 Å². The molecule has 0 atom stereocenters. The van der Waals surface area contributed by atoms with Crippen molar-refractivity contribution in [2.75, 3.05) is 5.32 Å². The summed E-state index contributed by atoms with van der Waals surface area (Å²) in [5.74, 6) is -0.757. The summed E-state index contributed by atoms with van der Waals surface area (Å²) in [4.78, 5) is 22.8. The van der Waals surface area contributed by atoms with Crippen LogP contribution in [0.15, 0.2) is 60.7 Å². The number of hydrogen-bond donors (Lipinski definition) is 4. The molecular weight excluding hydrogens is 384 g/mol. The van der Waals surface area contributed by atoms with Gasteiger partial charge in [-0.1, -0.05) is 30.3 Å². The maximum Gasteiger partial charge on any atom is 0.332 e. The van der Waals surface area contributed by atoms with Gasteiger partial charge in [-0.05, 0) is 60.9 Å². The van der Waals surface area contributed by atoms with E-state index in [1.165, 1.54) is 5.48 Å². The zero-order chi connectivity index (χ0) is 21.7. The van der Waals surface area contributed by atoms with E-state index in [0.29, 0.717) is 23.6 Å². The number of hydroxylamine groups is 1. The van der Waals surface area contributed by atoms with Crippen LogP contribution in [0.1, 0.15) is 22.3 Å². The average molecular weight is 406 g/mol. The first-order valence-corrected chi connectivity index (χ1v) is 9.27. The molecule has 0 aromatic heterocycles. The summed E-state index contributed by atoms with van der Waals surface area (Å²) in [5, 5.41) is 21.2. The van der Waals surface area contributed by atoms with Gasteiger partial charge in [0, 0.05) is 17.7 Å². The Morgan fingerprint density at radius 2 is 1.60 bits per heavy atom. The van der Waals surface area contributed by atoms with Gasteiger partial charge < -0.3 is 15.2 Å². The van der Waals surface area contributed by atoms with Crippen molar-refractivity contribution in [1.82, 2.24) is 5.48 Å². The van der Waals surface area contributed by atoms with Crippen molar-refractivity contribution in [2.45, 2.75) is 20.3 Å². The van der Waals surface area contributed by atoms with Crippen LogP contribution in [0.4, 0.5) is 5.69 Å². The van der Waals surface area contributed by atoms with Crippen molar-refractivity contribution in [1.29, 1.82) is 0 Å². The first-order chi connectivity index (χ1) is 14.4. The topological polar surface area (TPSA) is 108 Å². The smallest absolute Gasteiger partial charge is 0.332 e. The molecule has 0 fully saturated rings. The molecule has 0 saturated heterocycles. The maximum atomic E-state index is 11.6. The highest BCUT2D eigenvalue weighted by Crippen LogP contribution is 2.34. The number of carbonyl (C=O) groups is 2. The fraction of sp³-hybridized carbons (Fsp3) is 0.130. The van der Waals surface area contributed by atoms with Gasteiger partial charge in [0.25, 0.3) is 0 Å². The highest BCUT2D eigenvalue weighted by atomic mass is 16.5. The van der Waals surface area contributed by atoms with Crippen molar-refractivity contribution in [3.63, 3.8) is 0 Å². The largest absolute Gasteiger partial charge is 0.508 e. The third-order valence-electron chi connectivity index (χ3n) is 4.53. The van der Waals surface area contributed by atoms with Crippen molar-refractivity contribution < 1.29 is 24.6 Å². The van der Waals surface area contributed by atoms with E-state index in [-0.39, 0.29) is 5.75 Å². The fourth-order valence-corrected chi connectivity index (χ4v) is 3.12. The van der Waals surface area contributed by atoms with Gasteiger partial charge in [-0.15, -0.1) is 0 Å². The molecule has 0 spiro atoms. The number of amides is 2. The lowest BCUT2D eigenvalue weighted by atomic mass is 10.0. The number of aryl methyl sites for hydroxylation is 2. The predicted molar refractivity (Wildman–Crippen MR) is 112 cm³/mol. The molecule has 0 aliphatic carbocycles. The number of rotatable bonds is 5. The van der Waals surface area contributed by atoms with E-state index < -0.39 is 11.8 Å². The van der Waals surface area contributed by atoms with Crippen LogP contribution in [0.25, 0.3) is 0 Å². The number of phenols is 1. The first kappa shape index (κ1) is 20.9. The molecule has 0 unspecified atom stereocenters. The third kappa shape index (κ3) is 4.95. The van der Waals surface area contributed by atoms with E-state index in [4.69, 9.17) is 9.94 Å². The van der Waals surface area contributed by atoms with E-state index in [1.54, 1.807) is 30.3 Å². The summed E-state index contributed by atoms with van der Waals surface area (Å²) in [5.41, 5.74) is 5.00. The second-order valence-electron chi connectivity index (χ2n) is 6.89. The predicted octanol–water partition coefficient (Wildman–Crippen LogP) is 3.84. The van der Waals surface area contributed by atoms with E-state index in [9.17, 15) is 14.7 Å². The Bertz CT molecular complexity index is 1060. The highest BCUT2D eigenvalue weighted by Gasteiger charge is 2.15. The Hall–Kier alpha value is -3.84. The minimum absolute atomic E-state index is 0.194. The van der Waals surface area contributed by atoms with Crippen LogP contribution >= 0.6 is 0 Å². The monoisotopic (exact) mass is 406 g/mol. The minimum Gasteiger partial charge on any atom is -0.508 e. The van der Waals surface area contributed by atoms with Crippen molar-refractivity contribution in [3.05, 3.63) is 82.9 Å². The van der Waals surface area contributed by atoms with Gasteiger partial charge in [-0.3, -0.25) is 14.8 Å². The lowest BCUT2D eigenvalue weighted by Gasteiger charge is -2.15. The molecule has 0 bridgehead atoms. The summed E-state index contributed by atoms with van der Waals surface area (Å²) in [6.07, 6.45) is 0.569. The van der Waals surface area contributed by atoms with E-state index >= 15 is 0 Å². The second-order valence-corrected chi connectivity index (χ2v) is 6.89. The second kappa shape index (κ2) is 9.11. The van der Waals surface area contributed by atoms with E-state index in [2.05, 4.69) is 5.32 Å². The Balaban J connectivity index is 1.81. The summed E-state index contributed by atoms with van der Waals surface area (Å²) in [6.45, 7) is 3.63. The zero-order valence-electron chi connectivity index (χ0n) is 16.6. The van der Waals surface area contributed by atoms with Crippen LogP contribution in [0.3, 0.4) is 0 Å². The third-order valence-corrected chi connectivity index (χ3v) is 4.53. The van der Waals surface area contributed by atoms with Gasteiger partial charge in [0.2, 0.25) is 0 Å². The number of nitrogens with one attached hydrogen (secondary N) is 2. The molecule has 154 valence electrons. The summed E-state index contributed by atoms with van der Waals surface area (Å²) < 4.78 is 6.06. The Kier molecular flexibility index (Phi) is 6.34. The van der Waals surface area contributed by atoms with Crippen LogP contribution in [-0.2, 0) is 16.0 Å². The standard InChI is InChI=1S/C23H22N2O5/c1-14-10-18(24-22(27)23(28)25-29)11-15(2)21(14)30-19-8-9-20(26)17(13-19)12-16-6-4-3-5-7-16/h3-11,13,26,29H,12H2,1-2H3,(H,24,27)(H,25,28). The number of hydrogen-bond acceptors (Lipinski definition) is 5. The van der Waals surface area contributed by atoms with Crippen LogP contribution < -0.4 is 15.5 Å². The molecule has 0 saturated carbocycles. The molecule has 3 aromatic carbocycles. The van der Waals surface area contributed by atoms with Crippen molar-refractivity contribution in [3.8, 4) is 17.2 Å². The number of benzene rings is 3. The normalized spacial score (nSPS) is 10.4. The Morgan fingerprint density at radius 3 is 2.23 bits per heavy atom. The van der Waals surface area contributed by atoms with Gasteiger partial charge in [0.05, 0.1) is 0 Å². The van der Waals surface area contributed by atoms with Crippen molar-refractivity contribution >= 4 is 17.5 Å². The average Bonchev–Trinajstić information content (AvgIpc) is 2.73. The van der Waals surface area contributed by atoms with Gasteiger partial charge in [0.15, 0.2) is 0 Å². The van der Waals surface area contributed by atoms with Gasteiger partial charge in [0.1, 0.15) is 17.2 Å². The molecule has 0 aliphatic heterocycles. The zero-order valence-corrected chi connectivity index (χ0v) is 16.6. The SMILES string of the molecule is Cc1cc(NC(=O)C(=O)NO)cc(C)c1Oc1ccc(O)c(Cc2ccccc2)c1. The molecule has 2 amide bonds. The summed E-state index contributed by atoms with van der Waals surface area (Å²) >= 11 is 0. The van der Waals surface area contributed by atoms with Gasteiger partial charge >= 0.3 is 11.8 Å². The van der Waals surface area contributed by atoms with Crippen LogP contribution in [0, 0.1) is 13.8 Å². The molecular formula is C23H22N2O5. The fourth-order valence-electron chi connectivity index (χ4n) is 3.12. The summed E-state index contributed by atoms with van der Waals surface area (Å²) in [7, 11) is 0. The van der Waals surface area contributed by atoms with Crippen LogP contribution in [0.2, 0.25) is 0 Å². The lowest BCUT2D eigenvalue weighted by Crippen LogP contribution is -2.33.